The molecule has 0 spiro atoms. The average molecular weight is 514 g/mol. The number of amides is 3. The fourth-order valence-electron chi connectivity index (χ4n) is 6.86. The lowest BCUT2D eigenvalue weighted by Crippen LogP contribution is -2.44. The van der Waals surface area contributed by atoms with Crippen LogP contribution in [0.5, 0.6) is 11.5 Å². The summed E-state index contributed by atoms with van der Waals surface area (Å²) in [5.74, 6) is 2.50. The molecule has 7 rings (SSSR count). The normalized spacial score (nSPS) is 26.8. The summed E-state index contributed by atoms with van der Waals surface area (Å²) < 4.78 is 10.8. The van der Waals surface area contributed by atoms with Gasteiger partial charge in [-0.3, -0.25) is 19.3 Å². The zero-order valence-corrected chi connectivity index (χ0v) is 21.2. The van der Waals surface area contributed by atoms with Crippen LogP contribution in [0.1, 0.15) is 52.0 Å². The summed E-state index contributed by atoms with van der Waals surface area (Å²) in [5.41, 5.74) is 2.40. The Bertz CT molecular complexity index is 1350. The third kappa shape index (κ3) is 3.94. The molecule has 2 fully saturated rings. The van der Waals surface area contributed by atoms with Gasteiger partial charge in [0.1, 0.15) is 0 Å². The van der Waals surface area contributed by atoms with Crippen LogP contribution in [0, 0.1) is 23.7 Å². The SMILES string of the molecule is O=C(NC[C@H]1C[C@@H]2C=C[C@H]1C2)[C@H]1CCCN(c2cccc3c2C(=O)N(Cc2ccc4c(c2)OCO4)C3=O)C1. The van der Waals surface area contributed by atoms with E-state index in [9.17, 15) is 14.4 Å². The maximum atomic E-state index is 13.6. The van der Waals surface area contributed by atoms with Crippen molar-refractivity contribution in [2.45, 2.75) is 32.2 Å². The van der Waals surface area contributed by atoms with Crippen molar-refractivity contribution >= 4 is 23.4 Å². The average Bonchev–Trinajstić information content (AvgIpc) is 3.74. The zero-order valence-electron chi connectivity index (χ0n) is 21.2. The van der Waals surface area contributed by atoms with Crippen LogP contribution in [-0.4, -0.2) is 49.0 Å². The van der Waals surface area contributed by atoms with E-state index in [-0.39, 0.29) is 37.0 Å². The molecule has 38 heavy (non-hydrogen) atoms. The predicted molar refractivity (Wildman–Crippen MR) is 140 cm³/mol. The Hall–Kier alpha value is -3.81. The molecule has 2 aliphatic carbocycles. The molecule has 0 radical (unpaired) electrons. The smallest absolute Gasteiger partial charge is 0.263 e. The number of nitrogens with one attached hydrogen (secondary N) is 1. The van der Waals surface area contributed by atoms with E-state index in [0.29, 0.717) is 46.9 Å². The van der Waals surface area contributed by atoms with E-state index in [0.717, 1.165) is 37.2 Å². The molecule has 0 unspecified atom stereocenters. The van der Waals surface area contributed by atoms with Crippen LogP contribution in [0.2, 0.25) is 0 Å². The number of ether oxygens (including phenoxy) is 2. The van der Waals surface area contributed by atoms with E-state index in [1.807, 2.05) is 24.3 Å². The molecule has 1 saturated heterocycles. The highest BCUT2D eigenvalue weighted by molar-refractivity contribution is 6.23. The Morgan fingerprint density at radius 1 is 1.03 bits per heavy atom. The molecule has 3 aliphatic heterocycles. The first kappa shape index (κ1) is 23.3. The third-order valence-corrected chi connectivity index (χ3v) is 8.84. The van der Waals surface area contributed by atoms with Crippen LogP contribution in [-0.2, 0) is 11.3 Å². The standard InChI is InChI=1S/C30H31N3O5/c34-28(31-14-22-12-18-6-8-20(22)11-18)21-3-2-10-32(16-21)24-5-1-4-23-27(24)30(36)33(29(23)35)15-19-7-9-25-26(13-19)38-17-37-25/h1,4-9,13,18,20-22H,2-3,10-12,14-17H2,(H,31,34)/t18-,20+,21+,22-/m1/s1. The van der Waals surface area contributed by atoms with Gasteiger partial charge in [0.05, 0.1) is 29.3 Å². The molecule has 3 amide bonds. The molecule has 5 aliphatic rings. The van der Waals surface area contributed by atoms with Gasteiger partial charge in [0.25, 0.3) is 11.8 Å². The van der Waals surface area contributed by atoms with Crippen molar-refractivity contribution in [1.29, 1.82) is 0 Å². The minimum atomic E-state index is -0.297. The molecule has 8 heteroatoms. The molecular weight excluding hydrogens is 482 g/mol. The Morgan fingerprint density at radius 2 is 1.92 bits per heavy atom. The van der Waals surface area contributed by atoms with Gasteiger partial charge in [0.15, 0.2) is 11.5 Å². The molecule has 4 atom stereocenters. The van der Waals surface area contributed by atoms with Gasteiger partial charge < -0.3 is 19.7 Å². The summed E-state index contributed by atoms with van der Waals surface area (Å²) in [6.45, 7) is 2.36. The minimum absolute atomic E-state index is 0.0980. The second-order valence-corrected chi connectivity index (χ2v) is 11.2. The van der Waals surface area contributed by atoms with Crippen molar-refractivity contribution in [3.8, 4) is 11.5 Å². The van der Waals surface area contributed by atoms with E-state index in [1.165, 1.54) is 17.7 Å². The molecular formula is C30H31N3O5. The number of nitrogens with zero attached hydrogens (tertiary/aromatic N) is 2. The number of hydrogen-bond donors (Lipinski definition) is 1. The first-order chi connectivity index (χ1) is 18.5. The summed E-state index contributed by atoms with van der Waals surface area (Å²) in [6.07, 6.45) is 8.74. The second kappa shape index (κ2) is 9.19. The summed E-state index contributed by atoms with van der Waals surface area (Å²) in [7, 11) is 0. The minimum Gasteiger partial charge on any atom is -0.454 e. The van der Waals surface area contributed by atoms with E-state index in [4.69, 9.17) is 9.47 Å². The van der Waals surface area contributed by atoms with Crippen molar-refractivity contribution in [1.82, 2.24) is 10.2 Å². The predicted octanol–water partition coefficient (Wildman–Crippen LogP) is 3.76. The second-order valence-electron chi connectivity index (χ2n) is 11.2. The fourth-order valence-corrected chi connectivity index (χ4v) is 6.86. The maximum Gasteiger partial charge on any atom is 0.263 e. The van der Waals surface area contributed by atoms with Gasteiger partial charge in [-0.1, -0.05) is 24.3 Å². The third-order valence-electron chi connectivity index (χ3n) is 8.84. The number of fused-ring (bicyclic) bond motifs is 4. The van der Waals surface area contributed by atoms with Crippen molar-refractivity contribution in [3.05, 3.63) is 65.2 Å². The number of anilines is 1. The lowest BCUT2D eigenvalue weighted by atomic mass is 9.92. The van der Waals surface area contributed by atoms with Crippen LogP contribution in [0.3, 0.4) is 0 Å². The quantitative estimate of drug-likeness (QED) is 0.468. The fraction of sp³-hybridized carbons (Fsp3) is 0.433. The molecule has 2 aromatic carbocycles. The number of rotatable bonds is 6. The van der Waals surface area contributed by atoms with Crippen LogP contribution < -0.4 is 19.7 Å². The molecule has 2 aromatic rings. The van der Waals surface area contributed by atoms with E-state index >= 15 is 0 Å². The molecule has 196 valence electrons. The topological polar surface area (TPSA) is 88.2 Å². The number of allylic oxidation sites excluding steroid dienone is 2. The molecule has 1 saturated carbocycles. The van der Waals surface area contributed by atoms with Crippen molar-refractivity contribution < 1.29 is 23.9 Å². The molecule has 2 bridgehead atoms. The molecule has 8 nitrogen and oxygen atoms in total. The Labute approximate surface area is 221 Å². The number of imide groups is 1. The maximum absolute atomic E-state index is 13.6. The highest BCUT2D eigenvalue weighted by Gasteiger charge is 2.40. The van der Waals surface area contributed by atoms with Crippen LogP contribution in [0.15, 0.2) is 48.6 Å². The van der Waals surface area contributed by atoms with Gasteiger partial charge in [0.2, 0.25) is 12.7 Å². The van der Waals surface area contributed by atoms with E-state index in [2.05, 4.69) is 22.4 Å². The van der Waals surface area contributed by atoms with Gasteiger partial charge >= 0.3 is 0 Å². The molecule has 0 aromatic heterocycles. The Kier molecular flexibility index (Phi) is 5.64. The van der Waals surface area contributed by atoms with E-state index in [1.54, 1.807) is 12.1 Å². The largest absolute Gasteiger partial charge is 0.454 e. The summed E-state index contributed by atoms with van der Waals surface area (Å²) in [6, 6.07) is 10.9. The number of carbonyl (C=O) groups excluding carboxylic acids is 3. The summed E-state index contributed by atoms with van der Waals surface area (Å²) >= 11 is 0. The van der Waals surface area contributed by atoms with E-state index < -0.39 is 0 Å². The monoisotopic (exact) mass is 513 g/mol. The van der Waals surface area contributed by atoms with Gasteiger partial charge in [-0.2, -0.15) is 0 Å². The Morgan fingerprint density at radius 3 is 2.76 bits per heavy atom. The Balaban J connectivity index is 1.05. The summed E-state index contributed by atoms with van der Waals surface area (Å²) in [4.78, 5) is 43.4. The first-order valence-electron chi connectivity index (χ1n) is 13.6. The van der Waals surface area contributed by atoms with Gasteiger partial charge in [0, 0.05) is 19.6 Å². The number of benzene rings is 2. The number of carbonyl (C=O) groups is 3. The highest BCUT2D eigenvalue weighted by Crippen LogP contribution is 2.43. The zero-order chi connectivity index (χ0) is 25.8. The van der Waals surface area contributed by atoms with Crippen molar-refractivity contribution in [2.24, 2.45) is 23.7 Å². The number of hydrogen-bond acceptors (Lipinski definition) is 6. The van der Waals surface area contributed by atoms with Crippen LogP contribution >= 0.6 is 0 Å². The first-order valence-corrected chi connectivity index (χ1v) is 13.6. The van der Waals surface area contributed by atoms with Gasteiger partial charge in [-0.15, -0.1) is 0 Å². The van der Waals surface area contributed by atoms with Gasteiger partial charge in [-0.25, -0.2) is 0 Å². The van der Waals surface area contributed by atoms with Crippen LogP contribution in [0.4, 0.5) is 5.69 Å². The van der Waals surface area contributed by atoms with Crippen molar-refractivity contribution in [2.75, 3.05) is 31.3 Å². The lowest BCUT2D eigenvalue weighted by molar-refractivity contribution is -0.125. The van der Waals surface area contributed by atoms with Gasteiger partial charge in [-0.05, 0) is 73.3 Å². The highest BCUT2D eigenvalue weighted by atomic mass is 16.7. The molecule has 1 N–H and O–H groups in total. The van der Waals surface area contributed by atoms with Crippen molar-refractivity contribution in [3.63, 3.8) is 0 Å². The number of piperidine rings is 1. The van der Waals surface area contributed by atoms with Crippen LogP contribution in [0.25, 0.3) is 0 Å². The molecule has 3 heterocycles. The lowest BCUT2D eigenvalue weighted by Gasteiger charge is -2.35. The summed E-state index contributed by atoms with van der Waals surface area (Å²) in [5, 5.41) is 3.22.